The van der Waals surface area contributed by atoms with Gasteiger partial charge >= 0.3 is 6.03 Å². The second-order valence-corrected chi connectivity index (χ2v) is 10.8. The van der Waals surface area contributed by atoms with Gasteiger partial charge in [0.25, 0.3) is 0 Å². The molecule has 7 nitrogen and oxygen atoms in total. The second-order valence-electron chi connectivity index (χ2n) is 10.8. The molecule has 0 aromatic heterocycles. The SMILES string of the molecule is CCCCCCCC(=O)N(CC=Cc1ccccc1OC)CCN1CCN(C(=O)NC2CCCCC2)CC1. The van der Waals surface area contributed by atoms with Gasteiger partial charge in [-0.15, -0.1) is 0 Å². The molecule has 1 aliphatic heterocycles. The van der Waals surface area contributed by atoms with Crippen LogP contribution in [0.4, 0.5) is 4.79 Å². The fraction of sp³-hybridized carbons (Fsp3) is 0.677. The van der Waals surface area contributed by atoms with Gasteiger partial charge in [-0.2, -0.15) is 0 Å². The van der Waals surface area contributed by atoms with E-state index in [2.05, 4.69) is 23.2 Å². The maximum absolute atomic E-state index is 13.1. The lowest BCUT2D eigenvalue weighted by Crippen LogP contribution is -2.54. The van der Waals surface area contributed by atoms with Gasteiger partial charge < -0.3 is 19.9 Å². The first-order valence-electron chi connectivity index (χ1n) is 15.0. The molecule has 1 aliphatic carbocycles. The van der Waals surface area contributed by atoms with Gasteiger partial charge in [0.1, 0.15) is 5.75 Å². The summed E-state index contributed by atoms with van der Waals surface area (Å²) in [4.78, 5) is 32.2. The van der Waals surface area contributed by atoms with Crippen LogP contribution < -0.4 is 10.1 Å². The first-order chi connectivity index (χ1) is 18.6. The van der Waals surface area contributed by atoms with Gasteiger partial charge in [-0.1, -0.05) is 82.2 Å². The quantitative estimate of drug-likeness (QED) is 0.323. The van der Waals surface area contributed by atoms with E-state index in [1.54, 1.807) is 7.11 Å². The highest BCUT2D eigenvalue weighted by molar-refractivity contribution is 5.76. The molecule has 3 amide bonds. The van der Waals surface area contributed by atoms with E-state index in [0.717, 1.165) is 69.7 Å². The first kappa shape index (κ1) is 30.0. The Hall–Kier alpha value is -2.54. The third-order valence-corrected chi connectivity index (χ3v) is 7.89. The Balaban J connectivity index is 1.47. The molecule has 0 bridgehead atoms. The molecule has 0 unspecified atom stereocenters. The Morgan fingerprint density at radius 2 is 1.76 bits per heavy atom. The van der Waals surface area contributed by atoms with Gasteiger partial charge in [0.2, 0.25) is 5.91 Å². The number of methoxy groups -OCH3 is 1. The van der Waals surface area contributed by atoms with Crippen molar-refractivity contribution in [3.05, 3.63) is 35.9 Å². The van der Waals surface area contributed by atoms with E-state index in [4.69, 9.17) is 4.74 Å². The van der Waals surface area contributed by atoms with E-state index in [1.807, 2.05) is 40.1 Å². The molecule has 38 heavy (non-hydrogen) atoms. The van der Waals surface area contributed by atoms with E-state index in [0.29, 0.717) is 25.6 Å². The Labute approximate surface area is 230 Å². The standard InChI is InChI=1S/C31H50N4O3/c1-3-4-5-6-10-19-30(36)34(20-13-15-27-14-11-12-18-29(27)38-2)24-21-33-22-25-35(26-23-33)31(37)32-28-16-8-7-9-17-28/h11-15,18,28H,3-10,16-17,19-26H2,1-2H3,(H,32,37). The summed E-state index contributed by atoms with van der Waals surface area (Å²) in [5.41, 5.74) is 1.02. The number of rotatable bonds is 14. The number of amides is 3. The van der Waals surface area contributed by atoms with Crippen molar-refractivity contribution in [2.45, 2.75) is 83.6 Å². The highest BCUT2D eigenvalue weighted by atomic mass is 16.5. The first-order valence-corrected chi connectivity index (χ1v) is 15.0. The lowest BCUT2D eigenvalue weighted by Gasteiger charge is -2.36. The summed E-state index contributed by atoms with van der Waals surface area (Å²) in [7, 11) is 1.68. The molecule has 1 N–H and O–H groups in total. The maximum atomic E-state index is 13.1. The monoisotopic (exact) mass is 526 g/mol. The van der Waals surface area contributed by atoms with Crippen molar-refractivity contribution in [3.63, 3.8) is 0 Å². The van der Waals surface area contributed by atoms with Gasteiger partial charge in [0.05, 0.1) is 7.11 Å². The van der Waals surface area contributed by atoms with Crippen LogP contribution in [-0.4, -0.2) is 85.6 Å². The Kier molecular flexibility index (Phi) is 13.5. The third-order valence-electron chi connectivity index (χ3n) is 7.89. The normalized spacial score (nSPS) is 17.1. The Bertz CT molecular complexity index is 860. The minimum absolute atomic E-state index is 0.0953. The minimum atomic E-state index is 0.0953. The van der Waals surface area contributed by atoms with Crippen molar-refractivity contribution in [2.75, 3.05) is 52.9 Å². The summed E-state index contributed by atoms with van der Waals surface area (Å²) < 4.78 is 5.46. The fourth-order valence-corrected chi connectivity index (χ4v) is 5.42. The van der Waals surface area contributed by atoms with E-state index in [1.165, 1.54) is 38.5 Å². The van der Waals surface area contributed by atoms with Crippen LogP contribution in [0.1, 0.15) is 83.1 Å². The van der Waals surface area contributed by atoms with Gasteiger partial charge in [-0.25, -0.2) is 4.79 Å². The highest BCUT2D eigenvalue weighted by Crippen LogP contribution is 2.19. The molecule has 1 aromatic rings. The lowest BCUT2D eigenvalue weighted by atomic mass is 9.96. The Morgan fingerprint density at radius 1 is 1.03 bits per heavy atom. The molecular weight excluding hydrogens is 476 g/mol. The molecule has 2 aliphatic rings. The van der Waals surface area contributed by atoms with Crippen molar-refractivity contribution < 1.29 is 14.3 Å². The van der Waals surface area contributed by atoms with Gasteiger partial charge in [0, 0.05) is 63.8 Å². The zero-order valence-electron chi connectivity index (χ0n) is 23.8. The summed E-state index contributed by atoms with van der Waals surface area (Å²) >= 11 is 0. The predicted molar refractivity (Wildman–Crippen MR) is 155 cm³/mol. The summed E-state index contributed by atoms with van der Waals surface area (Å²) in [6, 6.07) is 8.38. The molecule has 2 fully saturated rings. The minimum Gasteiger partial charge on any atom is -0.496 e. The van der Waals surface area contributed by atoms with Crippen LogP contribution in [0, 0.1) is 0 Å². The average Bonchev–Trinajstić information content (AvgIpc) is 2.95. The molecule has 0 spiro atoms. The highest BCUT2D eigenvalue weighted by Gasteiger charge is 2.24. The summed E-state index contributed by atoms with van der Waals surface area (Å²) in [5.74, 6) is 1.07. The van der Waals surface area contributed by atoms with Crippen LogP contribution in [-0.2, 0) is 4.79 Å². The van der Waals surface area contributed by atoms with Gasteiger partial charge in [-0.05, 0) is 25.3 Å². The lowest BCUT2D eigenvalue weighted by molar-refractivity contribution is -0.131. The van der Waals surface area contributed by atoms with Crippen LogP contribution in [0.3, 0.4) is 0 Å². The number of hydrogen-bond acceptors (Lipinski definition) is 4. The van der Waals surface area contributed by atoms with Crippen LogP contribution in [0.25, 0.3) is 6.08 Å². The maximum Gasteiger partial charge on any atom is 0.317 e. The topological polar surface area (TPSA) is 65.1 Å². The molecule has 0 radical (unpaired) electrons. The van der Waals surface area contributed by atoms with Crippen molar-refractivity contribution in [2.24, 2.45) is 0 Å². The number of unbranched alkanes of at least 4 members (excludes halogenated alkanes) is 4. The van der Waals surface area contributed by atoms with Crippen molar-refractivity contribution in [1.29, 1.82) is 0 Å². The number of carbonyl (C=O) groups excluding carboxylic acids is 2. The Morgan fingerprint density at radius 3 is 2.50 bits per heavy atom. The van der Waals surface area contributed by atoms with Crippen LogP contribution in [0.2, 0.25) is 0 Å². The zero-order chi connectivity index (χ0) is 27.0. The van der Waals surface area contributed by atoms with Crippen LogP contribution in [0.5, 0.6) is 5.75 Å². The number of hydrogen-bond donors (Lipinski definition) is 1. The fourth-order valence-electron chi connectivity index (χ4n) is 5.42. The number of para-hydroxylation sites is 1. The summed E-state index contributed by atoms with van der Waals surface area (Å²) in [6.45, 7) is 7.55. The van der Waals surface area contributed by atoms with E-state index >= 15 is 0 Å². The molecular formula is C31H50N4O3. The second kappa shape index (κ2) is 17.1. The van der Waals surface area contributed by atoms with E-state index in [9.17, 15) is 9.59 Å². The molecule has 1 heterocycles. The largest absolute Gasteiger partial charge is 0.496 e. The molecule has 1 aromatic carbocycles. The van der Waals surface area contributed by atoms with Crippen molar-refractivity contribution in [1.82, 2.24) is 20.0 Å². The van der Waals surface area contributed by atoms with Crippen LogP contribution >= 0.6 is 0 Å². The summed E-state index contributed by atoms with van der Waals surface area (Å²) in [5, 5.41) is 3.24. The van der Waals surface area contributed by atoms with E-state index in [-0.39, 0.29) is 11.9 Å². The molecule has 3 rings (SSSR count). The van der Waals surface area contributed by atoms with Gasteiger partial charge in [-0.3, -0.25) is 9.69 Å². The molecule has 7 heteroatoms. The number of nitrogens with one attached hydrogen (secondary N) is 1. The number of ether oxygens (including phenoxy) is 1. The third kappa shape index (κ3) is 10.3. The number of urea groups is 1. The molecule has 212 valence electrons. The summed E-state index contributed by atoms with van der Waals surface area (Å²) in [6.07, 6.45) is 16.4. The van der Waals surface area contributed by atoms with E-state index < -0.39 is 0 Å². The molecule has 1 saturated carbocycles. The van der Waals surface area contributed by atoms with Crippen molar-refractivity contribution in [3.8, 4) is 5.75 Å². The number of benzene rings is 1. The smallest absolute Gasteiger partial charge is 0.317 e. The number of carbonyl (C=O) groups is 2. The zero-order valence-corrected chi connectivity index (χ0v) is 23.8. The number of nitrogens with zero attached hydrogens (tertiary/aromatic N) is 3. The van der Waals surface area contributed by atoms with Gasteiger partial charge in [0.15, 0.2) is 0 Å². The van der Waals surface area contributed by atoms with Crippen molar-refractivity contribution >= 4 is 18.0 Å². The number of piperazine rings is 1. The average molecular weight is 527 g/mol. The van der Waals surface area contributed by atoms with Crippen LogP contribution in [0.15, 0.2) is 30.3 Å². The predicted octanol–water partition coefficient (Wildman–Crippen LogP) is 5.56. The molecule has 1 saturated heterocycles. The molecule has 0 atom stereocenters.